The number of aryl methyl sites for hydroxylation is 2. The van der Waals surface area contributed by atoms with Crippen molar-refractivity contribution in [2.75, 3.05) is 26.3 Å². The Hall–Kier alpha value is -2.07. The Labute approximate surface area is 161 Å². The second kappa shape index (κ2) is 7.16. The third-order valence-electron chi connectivity index (χ3n) is 4.58. The summed E-state index contributed by atoms with van der Waals surface area (Å²) in [6.45, 7) is 5.64. The van der Waals surface area contributed by atoms with Gasteiger partial charge in [-0.25, -0.2) is 18.4 Å². The van der Waals surface area contributed by atoms with Crippen molar-refractivity contribution >= 4 is 31.6 Å². The molecule has 142 valence electrons. The first-order valence-electron chi connectivity index (χ1n) is 8.53. The average molecular weight is 406 g/mol. The summed E-state index contributed by atoms with van der Waals surface area (Å²) < 4.78 is 38.0. The number of hydrogen-bond donors (Lipinski definition) is 0. The van der Waals surface area contributed by atoms with Gasteiger partial charge in [-0.05, 0) is 43.7 Å². The molecule has 0 spiro atoms. The standard InChI is InChI=1S/C18H19N3O4S2/c1-12-13(2)26-18-16(12)17(19-11-20-18)25-14-3-5-15(6-4-14)27(22,23)21-7-9-24-10-8-21/h3-6,11H,7-10H2,1-2H3. The number of nitrogens with zero attached hydrogens (tertiary/aromatic N) is 3. The zero-order valence-corrected chi connectivity index (χ0v) is 16.6. The SMILES string of the molecule is Cc1sc2ncnc(Oc3ccc(S(=O)(=O)N4CCOCC4)cc3)c2c1C. The van der Waals surface area contributed by atoms with Crippen LogP contribution in [0.3, 0.4) is 0 Å². The van der Waals surface area contributed by atoms with Crippen molar-refractivity contribution in [3.05, 3.63) is 41.0 Å². The van der Waals surface area contributed by atoms with Crippen LogP contribution in [0.5, 0.6) is 11.6 Å². The molecule has 1 aliphatic rings. The van der Waals surface area contributed by atoms with Crippen LogP contribution in [0, 0.1) is 13.8 Å². The molecule has 3 heterocycles. The van der Waals surface area contributed by atoms with Crippen LogP contribution in [-0.2, 0) is 14.8 Å². The fraction of sp³-hybridized carbons (Fsp3) is 0.333. The zero-order chi connectivity index (χ0) is 19.0. The van der Waals surface area contributed by atoms with E-state index in [1.807, 2.05) is 13.8 Å². The lowest BCUT2D eigenvalue weighted by Gasteiger charge is -2.26. The monoisotopic (exact) mass is 405 g/mol. The molecule has 0 unspecified atom stereocenters. The van der Waals surface area contributed by atoms with E-state index < -0.39 is 10.0 Å². The van der Waals surface area contributed by atoms with Gasteiger partial charge in [0.2, 0.25) is 15.9 Å². The van der Waals surface area contributed by atoms with E-state index >= 15 is 0 Å². The van der Waals surface area contributed by atoms with Crippen molar-refractivity contribution in [3.8, 4) is 11.6 Å². The van der Waals surface area contributed by atoms with E-state index in [1.165, 1.54) is 15.5 Å². The lowest BCUT2D eigenvalue weighted by molar-refractivity contribution is 0.0730. The Morgan fingerprint density at radius 3 is 2.52 bits per heavy atom. The summed E-state index contributed by atoms with van der Waals surface area (Å²) in [6.07, 6.45) is 1.48. The summed E-state index contributed by atoms with van der Waals surface area (Å²) in [4.78, 5) is 10.8. The van der Waals surface area contributed by atoms with Crippen molar-refractivity contribution in [3.63, 3.8) is 0 Å². The highest BCUT2D eigenvalue weighted by molar-refractivity contribution is 7.89. The van der Waals surface area contributed by atoms with E-state index in [0.717, 1.165) is 15.8 Å². The van der Waals surface area contributed by atoms with Crippen LogP contribution in [0.25, 0.3) is 10.2 Å². The van der Waals surface area contributed by atoms with E-state index in [4.69, 9.17) is 9.47 Å². The number of benzene rings is 1. The van der Waals surface area contributed by atoms with Crippen LogP contribution in [0.15, 0.2) is 35.5 Å². The third kappa shape index (κ3) is 3.43. The fourth-order valence-electron chi connectivity index (χ4n) is 2.95. The average Bonchev–Trinajstić information content (AvgIpc) is 2.98. The predicted octanol–water partition coefficient (Wildman–Crippen LogP) is 3.12. The maximum absolute atomic E-state index is 12.7. The van der Waals surface area contributed by atoms with Crippen molar-refractivity contribution < 1.29 is 17.9 Å². The first-order valence-corrected chi connectivity index (χ1v) is 10.8. The largest absolute Gasteiger partial charge is 0.438 e. The first-order chi connectivity index (χ1) is 13.0. The second-order valence-corrected chi connectivity index (χ2v) is 9.37. The number of aromatic nitrogens is 2. The summed E-state index contributed by atoms with van der Waals surface area (Å²) in [5.74, 6) is 1.00. The molecule has 4 rings (SSSR count). The number of fused-ring (bicyclic) bond motifs is 1. The van der Waals surface area contributed by atoms with E-state index in [1.54, 1.807) is 35.6 Å². The minimum absolute atomic E-state index is 0.243. The lowest BCUT2D eigenvalue weighted by atomic mass is 10.2. The van der Waals surface area contributed by atoms with Crippen LogP contribution in [-0.4, -0.2) is 49.0 Å². The highest BCUT2D eigenvalue weighted by Gasteiger charge is 2.26. The molecule has 1 aliphatic heterocycles. The Balaban J connectivity index is 1.60. The molecule has 9 heteroatoms. The van der Waals surface area contributed by atoms with Crippen LogP contribution < -0.4 is 4.74 Å². The molecule has 7 nitrogen and oxygen atoms in total. The number of thiophene rings is 1. The molecule has 1 fully saturated rings. The van der Waals surface area contributed by atoms with Crippen molar-refractivity contribution in [2.45, 2.75) is 18.7 Å². The molecular formula is C18H19N3O4S2. The summed E-state index contributed by atoms with van der Waals surface area (Å²) in [7, 11) is -3.52. The molecule has 1 saturated heterocycles. The Morgan fingerprint density at radius 1 is 1.11 bits per heavy atom. The minimum atomic E-state index is -3.52. The van der Waals surface area contributed by atoms with Crippen LogP contribution in [0.4, 0.5) is 0 Å². The molecule has 27 heavy (non-hydrogen) atoms. The Bertz CT molecular complexity index is 1070. The predicted molar refractivity (Wildman–Crippen MR) is 103 cm³/mol. The van der Waals surface area contributed by atoms with Crippen molar-refractivity contribution in [2.24, 2.45) is 0 Å². The third-order valence-corrected chi connectivity index (χ3v) is 7.60. The molecule has 3 aromatic rings. The van der Waals surface area contributed by atoms with Gasteiger partial charge in [0.15, 0.2) is 0 Å². The van der Waals surface area contributed by atoms with Gasteiger partial charge >= 0.3 is 0 Å². The van der Waals surface area contributed by atoms with Gasteiger partial charge in [-0.1, -0.05) is 0 Å². The molecule has 0 amide bonds. The summed E-state index contributed by atoms with van der Waals surface area (Å²) in [5.41, 5.74) is 1.09. The summed E-state index contributed by atoms with van der Waals surface area (Å²) >= 11 is 1.60. The number of ether oxygens (including phenoxy) is 2. The van der Waals surface area contributed by atoms with Gasteiger partial charge in [0.05, 0.1) is 23.5 Å². The molecule has 1 aromatic carbocycles. The molecule has 0 radical (unpaired) electrons. The quantitative estimate of drug-likeness (QED) is 0.663. The normalized spacial score (nSPS) is 15.9. The highest BCUT2D eigenvalue weighted by Crippen LogP contribution is 2.35. The zero-order valence-electron chi connectivity index (χ0n) is 15.0. The fourth-order valence-corrected chi connectivity index (χ4v) is 5.35. The van der Waals surface area contributed by atoms with Crippen LogP contribution in [0.2, 0.25) is 0 Å². The summed E-state index contributed by atoms with van der Waals surface area (Å²) in [5, 5.41) is 0.894. The minimum Gasteiger partial charge on any atom is -0.438 e. The van der Waals surface area contributed by atoms with Gasteiger partial charge in [0.25, 0.3) is 0 Å². The molecule has 2 aromatic heterocycles. The molecule has 0 aliphatic carbocycles. The Morgan fingerprint density at radius 2 is 1.81 bits per heavy atom. The van der Waals surface area contributed by atoms with Gasteiger partial charge < -0.3 is 9.47 Å². The van der Waals surface area contributed by atoms with Gasteiger partial charge in [-0.3, -0.25) is 0 Å². The van der Waals surface area contributed by atoms with Gasteiger partial charge in [0, 0.05) is 18.0 Å². The molecular weight excluding hydrogens is 386 g/mol. The maximum Gasteiger partial charge on any atom is 0.243 e. The number of rotatable bonds is 4. The van der Waals surface area contributed by atoms with Gasteiger partial charge in [-0.15, -0.1) is 11.3 Å². The van der Waals surface area contributed by atoms with Crippen LogP contribution >= 0.6 is 11.3 Å². The lowest BCUT2D eigenvalue weighted by Crippen LogP contribution is -2.40. The first kappa shape index (κ1) is 18.3. The second-order valence-electron chi connectivity index (χ2n) is 6.23. The maximum atomic E-state index is 12.7. The molecule has 0 atom stereocenters. The van der Waals surface area contributed by atoms with Crippen molar-refractivity contribution in [1.29, 1.82) is 0 Å². The van der Waals surface area contributed by atoms with E-state index in [9.17, 15) is 8.42 Å². The van der Waals surface area contributed by atoms with E-state index in [2.05, 4.69) is 9.97 Å². The number of sulfonamides is 1. The van der Waals surface area contributed by atoms with Gasteiger partial charge in [-0.2, -0.15) is 4.31 Å². The molecule has 0 N–H and O–H groups in total. The van der Waals surface area contributed by atoms with Crippen molar-refractivity contribution in [1.82, 2.24) is 14.3 Å². The smallest absolute Gasteiger partial charge is 0.243 e. The topological polar surface area (TPSA) is 81.6 Å². The number of morpholine rings is 1. The highest BCUT2D eigenvalue weighted by atomic mass is 32.2. The summed E-state index contributed by atoms with van der Waals surface area (Å²) in [6, 6.07) is 6.42. The van der Waals surface area contributed by atoms with Crippen LogP contribution in [0.1, 0.15) is 10.4 Å². The molecule has 0 bridgehead atoms. The Kier molecular flexibility index (Phi) is 4.85. The number of hydrogen-bond acceptors (Lipinski definition) is 7. The van der Waals surface area contributed by atoms with Gasteiger partial charge in [0.1, 0.15) is 16.9 Å². The molecule has 0 saturated carbocycles. The van der Waals surface area contributed by atoms with E-state index in [0.29, 0.717) is 37.9 Å². The van der Waals surface area contributed by atoms with E-state index in [-0.39, 0.29) is 4.90 Å².